The van der Waals surface area contributed by atoms with E-state index >= 15 is 0 Å². The molecule has 0 fully saturated rings. The molecule has 0 unspecified atom stereocenters. The summed E-state index contributed by atoms with van der Waals surface area (Å²) in [6, 6.07) is 4.17. The van der Waals surface area contributed by atoms with Crippen molar-refractivity contribution in [3.63, 3.8) is 0 Å². The van der Waals surface area contributed by atoms with Crippen LogP contribution in [0.25, 0.3) is 0 Å². The van der Waals surface area contributed by atoms with Crippen molar-refractivity contribution < 1.29 is 30.0 Å². The molecule has 0 radical (unpaired) electrons. The Labute approximate surface area is 142 Å². The van der Waals surface area contributed by atoms with Crippen molar-refractivity contribution in [3.05, 3.63) is 34.9 Å². The first kappa shape index (κ1) is 22.1. The van der Waals surface area contributed by atoms with Gasteiger partial charge in [-0.05, 0) is 56.7 Å². The minimum absolute atomic E-state index is 0.0277. The molecule has 0 heterocycles. The summed E-state index contributed by atoms with van der Waals surface area (Å²) in [5.74, 6) is -2.22. The molecule has 0 amide bonds. The summed E-state index contributed by atoms with van der Waals surface area (Å²) in [6.45, 7) is 5.72. The minimum atomic E-state index is -1.11. The Morgan fingerprint density at radius 3 is 1.79 bits per heavy atom. The van der Waals surface area contributed by atoms with E-state index in [2.05, 4.69) is 0 Å². The van der Waals surface area contributed by atoms with Crippen LogP contribution in [0, 0.1) is 6.92 Å². The number of hydrogen-bond donors (Lipinski definition) is 4. The normalized spacial score (nSPS) is 10.7. The van der Waals surface area contributed by atoms with Crippen molar-refractivity contribution in [1.82, 2.24) is 0 Å². The van der Waals surface area contributed by atoms with Gasteiger partial charge in [0.25, 0.3) is 0 Å². The summed E-state index contributed by atoms with van der Waals surface area (Å²) in [6.07, 6.45) is 4.18. The zero-order chi connectivity index (χ0) is 18.8. The summed E-state index contributed by atoms with van der Waals surface area (Å²) in [4.78, 5) is 21.2. The molecule has 0 aliphatic carbocycles. The second-order valence-electron chi connectivity index (χ2n) is 5.70. The number of aromatic carboxylic acids is 2. The Hall–Kier alpha value is -1.92. The number of hydrogen-bond acceptors (Lipinski definition) is 4. The number of carboxylic acid groups (broad SMARTS) is 2. The number of benzene rings is 1. The number of carboxylic acids is 2. The molecule has 1 aromatic rings. The number of aliphatic hydroxyl groups is 2. The maximum atomic E-state index is 10.6. The van der Waals surface area contributed by atoms with Gasteiger partial charge in [-0.25, -0.2) is 9.59 Å². The Balaban J connectivity index is 0.000000449. The van der Waals surface area contributed by atoms with Crippen LogP contribution in [0.3, 0.4) is 0 Å². The average molecular weight is 340 g/mol. The fourth-order valence-electron chi connectivity index (χ4n) is 2.27. The number of unbranched alkanes of at least 4 members (excludes halogenated alkanes) is 1. The summed E-state index contributed by atoms with van der Waals surface area (Å²) in [5, 5.41) is 35.7. The van der Waals surface area contributed by atoms with Crippen LogP contribution < -0.4 is 0 Å². The SMILES string of the molecule is CCC(O)(CC)CCCCO.Cc1c(C(=O)O)cccc1C(=O)O. The second kappa shape index (κ2) is 10.8. The van der Waals surface area contributed by atoms with Crippen molar-refractivity contribution in [2.75, 3.05) is 6.61 Å². The van der Waals surface area contributed by atoms with E-state index in [1.165, 1.54) is 25.1 Å². The van der Waals surface area contributed by atoms with E-state index in [0.717, 1.165) is 32.1 Å². The molecule has 0 aliphatic heterocycles. The highest BCUT2D eigenvalue weighted by atomic mass is 16.4. The van der Waals surface area contributed by atoms with Gasteiger partial charge in [-0.1, -0.05) is 19.9 Å². The van der Waals surface area contributed by atoms with Crippen LogP contribution in [-0.4, -0.2) is 44.6 Å². The van der Waals surface area contributed by atoms with Crippen LogP contribution >= 0.6 is 0 Å². The first-order chi connectivity index (χ1) is 11.2. The lowest BCUT2D eigenvalue weighted by atomic mass is 9.91. The minimum Gasteiger partial charge on any atom is -0.478 e. The van der Waals surface area contributed by atoms with E-state index < -0.39 is 17.5 Å². The Bertz CT molecular complexity index is 502. The monoisotopic (exact) mass is 340 g/mol. The molecule has 24 heavy (non-hydrogen) atoms. The predicted octanol–water partition coefficient (Wildman–Crippen LogP) is 3.09. The Kier molecular flexibility index (Phi) is 9.92. The molecule has 0 spiro atoms. The van der Waals surface area contributed by atoms with Gasteiger partial charge in [0.15, 0.2) is 0 Å². The van der Waals surface area contributed by atoms with Crippen molar-refractivity contribution in [3.8, 4) is 0 Å². The molecule has 0 aliphatic rings. The molecule has 6 nitrogen and oxygen atoms in total. The number of carbonyl (C=O) groups is 2. The molecule has 1 rings (SSSR count). The second-order valence-corrected chi connectivity index (χ2v) is 5.70. The maximum absolute atomic E-state index is 10.6. The summed E-state index contributed by atoms with van der Waals surface area (Å²) in [5.41, 5.74) is -0.142. The van der Waals surface area contributed by atoms with E-state index in [-0.39, 0.29) is 23.3 Å². The molecular formula is C18H28O6. The number of aliphatic hydroxyl groups excluding tert-OH is 1. The largest absolute Gasteiger partial charge is 0.478 e. The molecule has 0 bridgehead atoms. The molecular weight excluding hydrogens is 312 g/mol. The molecule has 0 atom stereocenters. The van der Waals surface area contributed by atoms with Crippen LogP contribution in [0.1, 0.15) is 72.2 Å². The van der Waals surface area contributed by atoms with Crippen LogP contribution in [-0.2, 0) is 0 Å². The molecule has 6 heteroatoms. The third kappa shape index (κ3) is 7.10. The van der Waals surface area contributed by atoms with Crippen molar-refractivity contribution in [2.45, 2.75) is 58.5 Å². The van der Waals surface area contributed by atoms with Gasteiger partial charge in [0, 0.05) is 6.61 Å². The molecule has 136 valence electrons. The van der Waals surface area contributed by atoms with Crippen LogP contribution in [0.5, 0.6) is 0 Å². The van der Waals surface area contributed by atoms with Gasteiger partial charge >= 0.3 is 11.9 Å². The third-order valence-corrected chi connectivity index (χ3v) is 4.16. The third-order valence-electron chi connectivity index (χ3n) is 4.16. The quantitative estimate of drug-likeness (QED) is 0.541. The highest BCUT2D eigenvalue weighted by molar-refractivity contribution is 5.96. The lowest BCUT2D eigenvalue weighted by Gasteiger charge is -2.24. The summed E-state index contributed by atoms with van der Waals surface area (Å²) in [7, 11) is 0. The van der Waals surface area contributed by atoms with Gasteiger partial charge in [0.05, 0.1) is 16.7 Å². The van der Waals surface area contributed by atoms with Gasteiger partial charge in [0.1, 0.15) is 0 Å². The van der Waals surface area contributed by atoms with E-state index in [9.17, 15) is 14.7 Å². The summed E-state index contributed by atoms with van der Waals surface area (Å²) < 4.78 is 0. The lowest BCUT2D eigenvalue weighted by Crippen LogP contribution is -2.26. The van der Waals surface area contributed by atoms with Gasteiger partial charge in [-0.15, -0.1) is 0 Å². The van der Waals surface area contributed by atoms with Crippen LogP contribution in [0.2, 0.25) is 0 Å². The van der Waals surface area contributed by atoms with Gasteiger partial charge in [-0.2, -0.15) is 0 Å². The predicted molar refractivity (Wildman–Crippen MR) is 91.6 cm³/mol. The average Bonchev–Trinajstić information content (AvgIpc) is 2.55. The lowest BCUT2D eigenvalue weighted by molar-refractivity contribution is 0.0202. The highest BCUT2D eigenvalue weighted by Crippen LogP contribution is 2.21. The Morgan fingerprint density at radius 2 is 1.46 bits per heavy atom. The first-order valence-electron chi connectivity index (χ1n) is 8.11. The fraction of sp³-hybridized carbons (Fsp3) is 0.556. The standard InChI is InChI=1S/C9H8O4.C9H20O2/c1-5-6(8(10)11)3-2-4-7(5)9(12)13;1-3-9(11,4-2)7-5-6-8-10/h2-4H,1H3,(H,10,11)(H,12,13);10-11H,3-8H2,1-2H3. The maximum Gasteiger partial charge on any atom is 0.335 e. The molecule has 1 aromatic carbocycles. The first-order valence-corrected chi connectivity index (χ1v) is 8.11. The van der Waals surface area contributed by atoms with Crippen molar-refractivity contribution in [1.29, 1.82) is 0 Å². The van der Waals surface area contributed by atoms with Crippen LogP contribution in [0.15, 0.2) is 18.2 Å². The van der Waals surface area contributed by atoms with Gasteiger partial charge in [-0.3, -0.25) is 0 Å². The topological polar surface area (TPSA) is 115 Å². The van der Waals surface area contributed by atoms with Gasteiger partial charge < -0.3 is 20.4 Å². The van der Waals surface area contributed by atoms with E-state index in [4.69, 9.17) is 15.3 Å². The zero-order valence-electron chi connectivity index (χ0n) is 14.6. The number of rotatable bonds is 8. The zero-order valence-corrected chi connectivity index (χ0v) is 14.6. The van der Waals surface area contributed by atoms with Gasteiger partial charge in [0.2, 0.25) is 0 Å². The van der Waals surface area contributed by atoms with Crippen molar-refractivity contribution >= 4 is 11.9 Å². The molecule has 0 saturated heterocycles. The van der Waals surface area contributed by atoms with E-state index in [0.29, 0.717) is 0 Å². The smallest absolute Gasteiger partial charge is 0.335 e. The summed E-state index contributed by atoms with van der Waals surface area (Å²) >= 11 is 0. The molecule has 0 aromatic heterocycles. The molecule has 4 N–H and O–H groups in total. The Morgan fingerprint density at radius 1 is 1.00 bits per heavy atom. The fourth-order valence-corrected chi connectivity index (χ4v) is 2.27. The molecule has 0 saturated carbocycles. The van der Waals surface area contributed by atoms with E-state index in [1.807, 2.05) is 13.8 Å². The van der Waals surface area contributed by atoms with Crippen molar-refractivity contribution in [2.24, 2.45) is 0 Å². The highest BCUT2D eigenvalue weighted by Gasteiger charge is 2.20. The van der Waals surface area contributed by atoms with E-state index in [1.54, 1.807) is 0 Å². The van der Waals surface area contributed by atoms with Crippen LogP contribution in [0.4, 0.5) is 0 Å².